The second-order valence-electron chi connectivity index (χ2n) is 6.49. The van der Waals surface area contributed by atoms with Gasteiger partial charge in [0, 0.05) is 18.3 Å². The number of aryl methyl sites for hydroxylation is 1. The Kier molecular flexibility index (Phi) is 5.21. The molecule has 2 rings (SSSR count). The standard InChI is InChI=1S/C17H24N4O3/c1-6-7-21-14-13(16(23)20-17(21)24)11(15(22)18-10(4)5)8-12(19-14)9(2)3/h8-10H,6-7H2,1-5H3,(H,18,22)(H,20,23,24). The summed E-state index contributed by atoms with van der Waals surface area (Å²) in [5.41, 5.74) is 0.109. The van der Waals surface area contributed by atoms with Crippen LogP contribution in [0.25, 0.3) is 11.0 Å². The van der Waals surface area contributed by atoms with Gasteiger partial charge in [0.15, 0.2) is 5.65 Å². The van der Waals surface area contributed by atoms with Gasteiger partial charge in [0.2, 0.25) is 0 Å². The Morgan fingerprint density at radius 3 is 2.50 bits per heavy atom. The second-order valence-corrected chi connectivity index (χ2v) is 6.49. The van der Waals surface area contributed by atoms with Crippen LogP contribution in [0.2, 0.25) is 0 Å². The number of nitrogens with zero attached hydrogens (tertiary/aromatic N) is 2. The zero-order valence-corrected chi connectivity index (χ0v) is 14.8. The monoisotopic (exact) mass is 332 g/mol. The molecular weight excluding hydrogens is 308 g/mol. The molecule has 0 atom stereocenters. The van der Waals surface area contributed by atoms with E-state index in [9.17, 15) is 14.4 Å². The number of fused-ring (bicyclic) bond motifs is 1. The third kappa shape index (κ3) is 3.39. The van der Waals surface area contributed by atoms with Crippen molar-refractivity contribution in [1.29, 1.82) is 0 Å². The van der Waals surface area contributed by atoms with Crippen LogP contribution in [0.4, 0.5) is 0 Å². The van der Waals surface area contributed by atoms with Gasteiger partial charge in [-0.1, -0.05) is 20.8 Å². The van der Waals surface area contributed by atoms with E-state index >= 15 is 0 Å². The Morgan fingerprint density at radius 1 is 1.29 bits per heavy atom. The molecule has 1 amide bonds. The van der Waals surface area contributed by atoms with Crippen LogP contribution in [0.1, 0.15) is 63.0 Å². The van der Waals surface area contributed by atoms with E-state index in [1.54, 1.807) is 6.07 Å². The molecule has 130 valence electrons. The predicted octanol–water partition coefficient (Wildman–Crippen LogP) is 1.76. The average Bonchev–Trinajstić information content (AvgIpc) is 2.49. The highest BCUT2D eigenvalue weighted by molar-refractivity contribution is 6.05. The fourth-order valence-electron chi connectivity index (χ4n) is 2.54. The molecule has 0 aliphatic heterocycles. The van der Waals surface area contributed by atoms with Gasteiger partial charge in [0.25, 0.3) is 11.5 Å². The van der Waals surface area contributed by atoms with E-state index in [2.05, 4.69) is 15.3 Å². The average molecular weight is 332 g/mol. The minimum atomic E-state index is -0.584. The highest BCUT2D eigenvalue weighted by Crippen LogP contribution is 2.20. The lowest BCUT2D eigenvalue weighted by atomic mass is 10.0. The first-order chi connectivity index (χ1) is 11.3. The molecule has 2 aromatic heterocycles. The van der Waals surface area contributed by atoms with E-state index in [0.717, 1.165) is 0 Å². The summed E-state index contributed by atoms with van der Waals surface area (Å²) in [6, 6.07) is 1.57. The van der Waals surface area contributed by atoms with Crippen molar-refractivity contribution >= 4 is 16.9 Å². The maximum Gasteiger partial charge on any atom is 0.329 e. The smallest absolute Gasteiger partial charge is 0.329 e. The van der Waals surface area contributed by atoms with Crippen LogP contribution >= 0.6 is 0 Å². The molecule has 0 spiro atoms. The van der Waals surface area contributed by atoms with E-state index in [1.807, 2.05) is 34.6 Å². The molecule has 0 aliphatic rings. The molecule has 0 bridgehead atoms. The summed E-state index contributed by atoms with van der Waals surface area (Å²) in [5, 5.41) is 2.96. The minimum absolute atomic E-state index is 0.0597. The maximum absolute atomic E-state index is 12.6. The highest BCUT2D eigenvalue weighted by atomic mass is 16.2. The molecule has 0 unspecified atom stereocenters. The van der Waals surface area contributed by atoms with Crippen molar-refractivity contribution in [3.8, 4) is 0 Å². The van der Waals surface area contributed by atoms with E-state index < -0.39 is 11.2 Å². The summed E-state index contributed by atoms with van der Waals surface area (Å²) in [7, 11) is 0. The van der Waals surface area contributed by atoms with Crippen LogP contribution in [-0.2, 0) is 6.54 Å². The Morgan fingerprint density at radius 2 is 1.96 bits per heavy atom. The first-order valence-corrected chi connectivity index (χ1v) is 8.24. The van der Waals surface area contributed by atoms with E-state index in [-0.39, 0.29) is 34.5 Å². The number of hydrogen-bond acceptors (Lipinski definition) is 4. The van der Waals surface area contributed by atoms with Crippen LogP contribution in [0, 0.1) is 0 Å². The molecule has 7 heteroatoms. The Balaban J connectivity index is 2.90. The summed E-state index contributed by atoms with van der Waals surface area (Å²) >= 11 is 0. The molecule has 0 aromatic carbocycles. The van der Waals surface area contributed by atoms with E-state index in [1.165, 1.54) is 4.57 Å². The Hall–Kier alpha value is -2.44. The third-order valence-corrected chi connectivity index (χ3v) is 3.67. The molecule has 0 saturated carbocycles. The van der Waals surface area contributed by atoms with Gasteiger partial charge in [-0.15, -0.1) is 0 Å². The zero-order valence-electron chi connectivity index (χ0n) is 14.8. The number of aromatic nitrogens is 3. The number of rotatable bonds is 5. The predicted molar refractivity (Wildman–Crippen MR) is 93.6 cm³/mol. The fraction of sp³-hybridized carbons (Fsp3) is 0.529. The fourth-order valence-corrected chi connectivity index (χ4v) is 2.54. The lowest BCUT2D eigenvalue weighted by molar-refractivity contribution is 0.0944. The normalized spacial score (nSPS) is 11.5. The number of aromatic amines is 1. The first-order valence-electron chi connectivity index (χ1n) is 8.24. The van der Waals surface area contributed by atoms with Gasteiger partial charge >= 0.3 is 5.69 Å². The molecule has 24 heavy (non-hydrogen) atoms. The van der Waals surface area contributed by atoms with Gasteiger partial charge in [0.05, 0.1) is 10.9 Å². The van der Waals surface area contributed by atoms with Gasteiger partial charge in [-0.25, -0.2) is 9.78 Å². The van der Waals surface area contributed by atoms with Crippen molar-refractivity contribution in [1.82, 2.24) is 19.9 Å². The number of H-pyrrole nitrogens is 1. The number of carbonyl (C=O) groups excluding carboxylic acids is 1. The quantitative estimate of drug-likeness (QED) is 0.872. The summed E-state index contributed by atoms with van der Waals surface area (Å²) in [6.07, 6.45) is 0.710. The number of hydrogen-bond donors (Lipinski definition) is 2. The second kappa shape index (κ2) is 6.98. The first kappa shape index (κ1) is 17.9. The number of nitrogens with one attached hydrogen (secondary N) is 2. The number of pyridine rings is 1. The van der Waals surface area contributed by atoms with Crippen molar-refractivity contribution in [3.05, 3.63) is 38.2 Å². The Bertz CT molecular complexity index is 878. The van der Waals surface area contributed by atoms with Gasteiger partial charge in [-0.2, -0.15) is 0 Å². The van der Waals surface area contributed by atoms with Crippen molar-refractivity contribution in [3.63, 3.8) is 0 Å². The summed E-state index contributed by atoms with van der Waals surface area (Å²) in [5.74, 6) is -0.282. The number of amides is 1. The molecule has 7 nitrogen and oxygen atoms in total. The van der Waals surface area contributed by atoms with Gasteiger partial charge in [-0.05, 0) is 32.3 Å². The van der Waals surface area contributed by atoms with Crippen molar-refractivity contribution < 1.29 is 4.79 Å². The van der Waals surface area contributed by atoms with Crippen LogP contribution in [0.5, 0.6) is 0 Å². The van der Waals surface area contributed by atoms with Crippen molar-refractivity contribution in [2.45, 2.75) is 59.5 Å². The van der Waals surface area contributed by atoms with Gasteiger partial charge in [-0.3, -0.25) is 19.1 Å². The molecular formula is C17H24N4O3. The minimum Gasteiger partial charge on any atom is -0.350 e. The molecule has 2 aromatic rings. The zero-order chi connectivity index (χ0) is 18.0. The molecule has 0 aliphatic carbocycles. The third-order valence-electron chi connectivity index (χ3n) is 3.67. The molecule has 0 saturated heterocycles. The lowest BCUT2D eigenvalue weighted by Gasteiger charge is -2.15. The molecule has 2 N–H and O–H groups in total. The van der Waals surface area contributed by atoms with Gasteiger partial charge < -0.3 is 5.32 Å². The molecule has 0 radical (unpaired) electrons. The van der Waals surface area contributed by atoms with Gasteiger partial charge in [0.1, 0.15) is 0 Å². The SMILES string of the molecule is CCCn1c(=O)[nH]c(=O)c2c(C(=O)NC(C)C)cc(C(C)C)nc21. The van der Waals surface area contributed by atoms with Crippen LogP contribution in [0.15, 0.2) is 15.7 Å². The lowest BCUT2D eigenvalue weighted by Crippen LogP contribution is -2.35. The highest BCUT2D eigenvalue weighted by Gasteiger charge is 2.20. The van der Waals surface area contributed by atoms with E-state index in [4.69, 9.17) is 0 Å². The van der Waals surface area contributed by atoms with Crippen LogP contribution in [-0.4, -0.2) is 26.5 Å². The van der Waals surface area contributed by atoms with Crippen molar-refractivity contribution in [2.24, 2.45) is 0 Å². The topological polar surface area (TPSA) is 96.9 Å². The number of carbonyl (C=O) groups is 1. The van der Waals surface area contributed by atoms with Crippen LogP contribution < -0.4 is 16.6 Å². The maximum atomic E-state index is 12.6. The van der Waals surface area contributed by atoms with Crippen LogP contribution in [0.3, 0.4) is 0 Å². The van der Waals surface area contributed by atoms with Crippen molar-refractivity contribution in [2.75, 3.05) is 0 Å². The molecule has 2 heterocycles. The summed E-state index contributed by atoms with van der Waals surface area (Å²) in [4.78, 5) is 43.9. The summed E-state index contributed by atoms with van der Waals surface area (Å²) < 4.78 is 1.43. The Labute approximate surface area is 140 Å². The largest absolute Gasteiger partial charge is 0.350 e. The van der Waals surface area contributed by atoms with E-state index in [0.29, 0.717) is 18.7 Å². The molecule has 0 fully saturated rings. The summed E-state index contributed by atoms with van der Waals surface area (Å²) in [6.45, 7) is 9.96.